The maximum Gasteiger partial charge on any atom is 0.0422 e. The highest BCUT2D eigenvalue weighted by atomic mass is 15.0. The molecular formula is C14H22N2. The van der Waals surface area contributed by atoms with Crippen molar-refractivity contribution in [3.63, 3.8) is 0 Å². The number of nitrogens with one attached hydrogen (secondary N) is 1. The third-order valence-electron chi connectivity index (χ3n) is 3.85. The van der Waals surface area contributed by atoms with Crippen molar-refractivity contribution >= 4 is 0 Å². The summed E-state index contributed by atoms with van der Waals surface area (Å²) < 4.78 is 0. The molecule has 16 heavy (non-hydrogen) atoms. The Morgan fingerprint density at radius 2 is 2.25 bits per heavy atom. The predicted octanol–water partition coefficient (Wildman–Crippen LogP) is 2.71. The van der Waals surface area contributed by atoms with Gasteiger partial charge in [0, 0.05) is 23.9 Å². The summed E-state index contributed by atoms with van der Waals surface area (Å²) in [5.74, 6) is 0.665. The van der Waals surface area contributed by atoms with Crippen LogP contribution in [0.5, 0.6) is 0 Å². The number of aromatic nitrogens is 1. The molecule has 0 amide bonds. The van der Waals surface area contributed by atoms with Crippen molar-refractivity contribution < 1.29 is 0 Å². The molecule has 1 aliphatic heterocycles. The van der Waals surface area contributed by atoms with Gasteiger partial charge in [-0.2, -0.15) is 0 Å². The normalized spacial score (nSPS) is 25.2. The third-order valence-corrected chi connectivity index (χ3v) is 3.85. The fourth-order valence-corrected chi connectivity index (χ4v) is 2.60. The molecule has 1 fully saturated rings. The van der Waals surface area contributed by atoms with Gasteiger partial charge in [-0.05, 0) is 43.9 Å². The van der Waals surface area contributed by atoms with Gasteiger partial charge in [0.25, 0.3) is 0 Å². The first kappa shape index (κ1) is 11.6. The second-order valence-corrected chi connectivity index (χ2v) is 5.34. The van der Waals surface area contributed by atoms with E-state index in [-0.39, 0.29) is 5.54 Å². The van der Waals surface area contributed by atoms with Gasteiger partial charge in [0.2, 0.25) is 0 Å². The zero-order chi connectivity index (χ0) is 11.6. The van der Waals surface area contributed by atoms with Crippen molar-refractivity contribution in [1.29, 1.82) is 0 Å². The van der Waals surface area contributed by atoms with Crippen LogP contribution in [0.15, 0.2) is 18.3 Å². The third kappa shape index (κ3) is 2.27. The fourth-order valence-electron chi connectivity index (χ4n) is 2.60. The Hall–Kier alpha value is -0.890. The summed E-state index contributed by atoms with van der Waals surface area (Å²) in [6.07, 6.45) is 5.60. The van der Waals surface area contributed by atoms with Gasteiger partial charge in [0.15, 0.2) is 0 Å². The van der Waals surface area contributed by atoms with Crippen LogP contribution in [0.2, 0.25) is 0 Å². The van der Waals surface area contributed by atoms with Gasteiger partial charge in [-0.3, -0.25) is 4.98 Å². The number of hydrogen-bond acceptors (Lipinski definition) is 2. The van der Waals surface area contributed by atoms with Gasteiger partial charge in [-0.15, -0.1) is 0 Å². The highest BCUT2D eigenvalue weighted by Gasteiger charge is 2.36. The van der Waals surface area contributed by atoms with Crippen molar-refractivity contribution in [3.05, 3.63) is 29.6 Å². The van der Waals surface area contributed by atoms with Crippen LogP contribution in [0, 0.1) is 12.8 Å². The second-order valence-electron chi connectivity index (χ2n) is 5.34. The molecule has 1 aromatic heterocycles. The van der Waals surface area contributed by atoms with Gasteiger partial charge in [0.1, 0.15) is 0 Å². The Kier molecular flexibility index (Phi) is 3.29. The van der Waals surface area contributed by atoms with E-state index in [0.29, 0.717) is 5.92 Å². The molecule has 1 N–H and O–H groups in total. The molecule has 2 heteroatoms. The Morgan fingerprint density at radius 3 is 2.75 bits per heavy atom. The summed E-state index contributed by atoms with van der Waals surface area (Å²) in [4.78, 5) is 4.53. The van der Waals surface area contributed by atoms with E-state index in [1.807, 2.05) is 6.20 Å². The highest BCUT2D eigenvalue weighted by Crippen LogP contribution is 2.30. The maximum atomic E-state index is 4.53. The Labute approximate surface area is 98.5 Å². The van der Waals surface area contributed by atoms with Crippen LogP contribution >= 0.6 is 0 Å². The molecule has 1 aliphatic rings. The fraction of sp³-hybridized carbons (Fsp3) is 0.643. The van der Waals surface area contributed by atoms with Gasteiger partial charge in [0.05, 0.1) is 0 Å². The minimum Gasteiger partial charge on any atom is -0.311 e. The van der Waals surface area contributed by atoms with E-state index < -0.39 is 0 Å². The van der Waals surface area contributed by atoms with Crippen LogP contribution in [0.3, 0.4) is 0 Å². The van der Waals surface area contributed by atoms with Crippen molar-refractivity contribution in [3.8, 4) is 0 Å². The SMILES string of the molecule is Cc1ccc(CC2(C(C)C)CCCN2)nc1. The molecule has 1 atom stereocenters. The number of hydrogen-bond donors (Lipinski definition) is 1. The number of aryl methyl sites for hydroxylation is 1. The number of rotatable bonds is 3. The lowest BCUT2D eigenvalue weighted by Gasteiger charge is -2.33. The second kappa shape index (κ2) is 4.54. The van der Waals surface area contributed by atoms with Crippen LogP contribution < -0.4 is 5.32 Å². The quantitative estimate of drug-likeness (QED) is 0.843. The monoisotopic (exact) mass is 218 g/mol. The topological polar surface area (TPSA) is 24.9 Å². The lowest BCUT2D eigenvalue weighted by Crippen LogP contribution is -2.46. The summed E-state index contributed by atoms with van der Waals surface area (Å²) in [5.41, 5.74) is 2.73. The number of nitrogens with zero attached hydrogens (tertiary/aromatic N) is 1. The van der Waals surface area contributed by atoms with Crippen LogP contribution in [0.4, 0.5) is 0 Å². The molecule has 2 rings (SSSR count). The average molecular weight is 218 g/mol. The zero-order valence-corrected chi connectivity index (χ0v) is 10.6. The van der Waals surface area contributed by atoms with E-state index in [4.69, 9.17) is 0 Å². The van der Waals surface area contributed by atoms with E-state index in [1.165, 1.54) is 24.1 Å². The first-order valence-corrected chi connectivity index (χ1v) is 6.29. The molecule has 1 saturated heterocycles. The van der Waals surface area contributed by atoms with Gasteiger partial charge in [-0.25, -0.2) is 0 Å². The molecular weight excluding hydrogens is 196 g/mol. The average Bonchev–Trinajstić information content (AvgIpc) is 2.71. The van der Waals surface area contributed by atoms with E-state index in [9.17, 15) is 0 Å². The lowest BCUT2D eigenvalue weighted by molar-refractivity contribution is 0.267. The summed E-state index contributed by atoms with van der Waals surface area (Å²) in [6, 6.07) is 4.32. The maximum absolute atomic E-state index is 4.53. The van der Waals surface area contributed by atoms with Gasteiger partial charge < -0.3 is 5.32 Å². The van der Waals surface area contributed by atoms with Crippen molar-refractivity contribution in [2.45, 2.75) is 45.6 Å². The van der Waals surface area contributed by atoms with E-state index in [1.54, 1.807) is 0 Å². The molecule has 2 heterocycles. The first-order chi connectivity index (χ1) is 7.62. The Bertz CT molecular complexity index is 334. The van der Waals surface area contributed by atoms with Gasteiger partial charge >= 0.3 is 0 Å². The largest absolute Gasteiger partial charge is 0.311 e. The molecule has 0 radical (unpaired) electrons. The van der Waals surface area contributed by atoms with E-state index in [2.05, 4.69) is 43.2 Å². The van der Waals surface area contributed by atoms with E-state index >= 15 is 0 Å². The Balaban J connectivity index is 2.14. The molecule has 2 nitrogen and oxygen atoms in total. The first-order valence-electron chi connectivity index (χ1n) is 6.29. The van der Waals surface area contributed by atoms with Gasteiger partial charge in [-0.1, -0.05) is 19.9 Å². The van der Waals surface area contributed by atoms with Crippen LogP contribution in [-0.2, 0) is 6.42 Å². The minimum atomic E-state index is 0.280. The van der Waals surface area contributed by atoms with Crippen molar-refractivity contribution in [1.82, 2.24) is 10.3 Å². The molecule has 88 valence electrons. The summed E-state index contributed by atoms with van der Waals surface area (Å²) in [7, 11) is 0. The van der Waals surface area contributed by atoms with Crippen molar-refractivity contribution in [2.24, 2.45) is 5.92 Å². The summed E-state index contributed by atoms with van der Waals surface area (Å²) in [5, 5.41) is 3.69. The predicted molar refractivity (Wildman–Crippen MR) is 67.5 cm³/mol. The van der Waals surface area contributed by atoms with Crippen molar-refractivity contribution in [2.75, 3.05) is 6.54 Å². The smallest absolute Gasteiger partial charge is 0.0422 e. The number of pyridine rings is 1. The molecule has 0 bridgehead atoms. The van der Waals surface area contributed by atoms with Crippen LogP contribution in [0.1, 0.15) is 37.9 Å². The highest BCUT2D eigenvalue weighted by molar-refractivity contribution is 5.15. The van der Waals surface area contributed by atoms with Crippen LogP contribution in [-0.4, -0.2) is 17.1 Å². The lowest BCUT2D eigenvalue weighted by atomic mass is 9.81. The van der Waals surface area contributed by atoms with Crippen LogP contribution in [0.25, 0.3) is 0 Å². The standard InChI is InChI=1S/C14H22N2/c1-11(2)14(7-4-8-16-14)9-13-6-5-12(3)10-15-13/h5-6,10-11,16H,4,7-9H2,1-3H3. The zero-order valence-electron chi connectivity index (χ0n) is 10.6. The molecule has 0 aromatic carbocycles. The molecule has 0 aliphatic carbocycles. The summed E-state index contributed by atoms with van der Waals surface area (Å²) in [6.45, 7) is 7.87. The minimum absolute atomic E-state index is 0.280. The molecule has 0 spiro atoms. The van der Waals surface area contributed by atoms with E-state index in [0.717, 1.165) is 13.0 Å². The molecule has 1 aromatic rings. The Morgan fingerprint density at radius 1 is 1.44 bits per heavy atom. The summed E-state index contributed by atoms with van der Waals surface area (Å²) >= 11 is 0. The molecule has 0 saturated carbocycles. The molecule has 1 unspecified atom stereocenters.